The van der Waals surface area contributed by atoms with Gasteiger partial charge in [0.05, 0.1) is 10.7 Å². The van der Waals surface area contributed by atoms with Gasteiger partial charge in [-0.05, 0) is 61.0 Å². The first-order valence-electron chi connectivity index (χ1n) is 11.8. The van der Waals surface area contributed by atoms with Crippen molar-refractivity contribution in [2.45, 2.75) is 76.4 Å². The molecule has 1 aromatic carbocycles. The van der Waals surface area contributed by atoms with E-state index in [4.69, 9.17) is 9.47 Å². The van der Waals surface area contributed by atoms with Gasteiger partial charge in [0.15, 0.2) is 14.6 Å². The fourth-order valence-electron chi connectivity index (χ4n) is 3.94. The Morgan fingerprint density at radius 1 is 1.15 bits per heavy atom. The molecule has 0 bridgehead atoms. The summed E-state index contributed by atoms with van der Waals surface area (Å²) in [5.41, 5.74) is -5.50. The van der Waals surface area contributed by atoms with Gasteiger partial charge in [-0.3, -0.25) is 15.1 Å². The topological polar surface area (TPSA) is 145 Å². The van der Waals surface area contributed by atoms with E-state index in [9.17, 15) is 32.5 Å². The second-order valence-electron chi connectivity index (χ2n) is 11.3. The molecule has 15 heteroatoms. The Labute approximate surface area is 239 Å². The molecule has 2 rings (SSSR count). The zero-order valence-electron chi connectivity index (χ0n) is 22.7. The quantitative estimate of drug-likeness (QED) is 0.171. The molecule has 0 saturated carbocycles. The van der Waals surface area contributed by atoms with Crippen molar-refractivity contribution in [3.8, 4) is 0 Å². The fraction of sp³-hybridized carbons (Fsp3) is 0.625. The molecule has 2 atom stereocenters. The third kappa shape index (κ3) is 7.02. The van der Waals surface area contributed by atoms with E-state index in [-0.39, 0.29) is 9.33 Å². The second-order valence-corrected chi connectivity index (χ2v) is 14.6. The molecule has 218 valence electrons. The van der Waals surface area contributed by atoms with Crippen molar-refractivity contribution in [2.24, 2.45) is 4.99 Å². The SMILES string of the molecule is CC(C)(C)OC(=O)N(C(=O)OC(C)(C)C)C1=N[C@](C)(c2cc([N+](=O)[O-])ccc2F)CS(=O)(=O)[C@]1(CF)CCI. The third-order valence-corrected chi connectivity index (χ3v) is 8.81. The highest BCUT2D eigenvalue weighted by Gasteiger charge is 2.60. The van der Waals surface area contributed by atoms with E-state index >= 15 is 4.39 Å². The van der Waals surface area contributed by atoms with Crippen molar-refractivity contribution in [3.63, 3.8) is 0 Å². The summed E-state index contributed by atoms with van der Waals surface area (Å²) < 4.78 is 66.0. The van der Waals surface area contributed by atoms with E-state index in [1.165, 1.54) is 48.5 Å². The van der Waals surface area contributed by atoms with Gasteiger partial charge in [0, 0.05) is 22.1 Å². The number of alkyl halides is 2. The van der Waals surface area contributed by atoms with Crippen LogP contribution in [-0.2, 0) is 24.8 Å². The molecule has 0 unspecified atom stereocenters. The van der Waals surface area contributed by atoms with E-state index in [0.29, 0.717) is 0 Å². The van der Waals surface area contributed by atoms with Crippen LogP contribution in [0.3, 0.4) is 0 Å². The highest BCUT2D eigenvalue weighted by molar-refractivity contribution is 14.1. The minimum atomic E-state index is -4.66. The van der Waals surface area contributed by atoms with Crippen molar-refractivity contribution in [1.29, 1.82) is 0 Å². The van der Waals surface area contributed by atoms with Gasteiger partial charge < -0.3 is 9.47 Å². The minimum Gasteiger partial charge on any atom is -0.443 e. The maximum Gasteiger partial charge on any atom is 0.425 e. The molecule has 0 aromatic heterocycles. The van der Waals surface area contributed by atoms with Crippen molar-refractivity contribution < 1.29 is 41.2 Å². The molecular weight excluding hydrogens is 655 g/mol. The first kappa shape index (κ1) is 32.8. The highest BCUT2D eigenvalue weighted by Crippen LogP contribution is 2.43. The number of carbonyl (C=O) groups excluding carboxylic acids is 2. The Hall–Kier alpha value is -2.43. The number of sulfone groups is 1. The minimum absolute atomic E-state index is 0.0677. The molecule has 0 spiro atoms. The number of ether oxygens (including phenoxy) is 2. The number of nitro groups is 1. The number of halogens is 3. The lowest BCUT2D eigenvalue weighted by molar-refractivity contribution is -0.385. The van der Waals surface area contributed by atoms with E-state index in [0.717, 1.165) is 18.2 Å². The van der Waals surface area contributed by atoms with Crippen LogP contribution in [0.15, 0.2) is 23.2 Å². The number of nitrogens with zero attached hydrogens (tertiary/aromatic N) is 3. The number of amides is 2. The average molecular weight is 688 g/mol. The van der Waals surface area contributed by atoms with E-state index in [1.807, 2.05) is 22.6 Å². The van der Waals surface area contributed by atoms with Gasteiger partial charge in [-0.1, -0.05) is 22.6 Å². The molecule has 0 saturated heterocycles. The first-order chi connectivity index (χ1) is 17.6. The Bertz CT molecular complexity index is 1270. The molecule has 2 amide bonds. The van der Waals surface area contributed by atoms with Crippen LogP contribution in [0.4, 0.5) is 24.1 Å². The normalized spacial score (nSPS) is 23.0. The van der Waals surface area contributed by atoms with E-state index in [2.05, 4.69) is 4.99 Å². The standard InChI is InChI=1S/C24H32F2IN3O8S/c1-21(2,3)37-19(31)29(20(32)38-22(4,5)6)18-24(13-25,10-11-27)39(35,36)14-23(7,28-18)16-12-15(30(33)34)8-9-17(16)26/h8-9,12H,10-11,13-14H2,1-7H3/t23-,24-/m0/s1. The number of benzene rings is 1. The van der Waals surface area contributed by atoms with Crippen LogP contribution in [0, 0.1) is 15.9 Å². The van der Waals surface area contributed by atoms with Gasteiger partial charge in [0.1, 0.15) is 35.1 Å². The number of non-ortho nitro benzene ring substituents is 1. The number of imide groups is 1. The lowest BCUT2D eigenvalue weighted by atomic mass is 9.92. The van der Waals surface area contributed by atoms with Gasteiger partial charge >= 0.3 is 12.2 Å². The molecule has 1 aromatic rings. The number of carbonyl (C=O) groups is 2. The molecule has 1 heterocycles. The van der Waals surface area contributed by atoms with E-state index in [1.54, 1.807) is 0 Å². The van der Waals surface area contributed by atoms with Crippen LogP contribution < -0.4 is 0 Å². The Balaban J connectivity index is 3.02. The summed E-state index contributed by atoms with van der Waals surface area (Å²) >= 11 is 1.82. The Kier molecular flexibility index (Phi) is 9.43. The number of nitro benzene ring substituents is 1. The number of rotatable bonds is 5. The second kappa shape index (κ2) is 11.2. The van der Waals surface area contributed by atoms with Gasteiger partial charge in [-0.25, -0.2) is 26.8 Å². The monoisotopic (exact) mass is 687 g/mol. The molecule has 1 aliphatic heterocycles. The van der Waals surface area contributed by atoms with Crippen LogP contribution in [0.5, 0.6) is 0 Å². The smallest absolute Gasteiger partial charge is 0.425 e. The van der Waals surface area contributed by atoms with Crippen molar-refractivity contribution >= 4 is 56.1 Å². The third-order valence-electron chi connectivity index (χ3n) is 5.65. The van der Waals surface area contributed by atoms with Crippen molar-refractivity contribution in [3.05, 3.63) is 39.7 Å². The number of hydrogen-bond donors (Lipinski definition) is 0. The molecule has 39 heavy (non-hydrogen) atoms. The zero-order valence-corrected chi connectivity index (χ0v) is 25.7. The lowest BCUT2D eigenvalue weighted by Gasteiger charge is -2.44. The predicted molar refractivity (Wildman–Crippen MR) is 148 cm³/mol. The van der Waals surface area contributed by atoms with Crippen LogP contribution in [-0.4, -0.2) is 69.1 Å². The number of aliphatic imine (C=N–C) groups is 1. The van der Waals surface area contributed by atoms with Crippen LogP contribution >= 0.6 is 22.6 Å². The average Bonchev–Trinajstić information content (AvgIpc) is 2.73. The van der Waals surface area contributed by atoms with Gasteiger partial charge in [0.2, 0.25) is 0 Å². The van der Waals surface area contributed by atoms with E-state index < -0.39 is 90.2 Å². The summed E-state index contributed by atoms with van der Waals surface area (Å²) in [5.74, 6) is -2.84. The summed E-state index contributed by atoms with van der Waals surface area (Å²) in [7, 11) is -4.66. The summed E-state index contributed by atoms with van der Waals surface area (Å²) in [6.07, 6.45) is -3.18. The van der Waals surface area contributed by atoms with Gasteiger partial charge in [-0.2, -0.15) is 4.90 Å². The molecule has 0 N–H and O–H groups in total. The first-order valence-corrected chi connectivity index (χ1v) is 15.0. The number of hydrogen-bond acceptors (Lipinski definition) is 9. The summed E-state index contributed by atoms with van der Waals surface area (Å²) in [5, 5.41) is 11.4. The van der Waals surface area contributed by atoms with Crippen LogP contribution in [0.1, 0.15) is 60.5 Å². The predicted octanol–water partition coefficient (Wildman–Crippen LogP) is 5.48. The maximum absolute atomic E-state index is 15.1. The zero-order chi connectivity index (χ0) is 30.2. The molecule has 0 aliphatic carbocycles. The lowest BCUT2D eigenvalue weighted by Crippen LogP contribution is -2.64. The Morgan fingerprint density at radius 3 is 2.08 bits per heavy atom. The summed E-state index contributed by atoms with van der Waals surface area (Å²) in [4.78, 5) is 42.0. The molecule has 0 fully saturated rings. The summed E-state index contributed by atoms with van der Waals surface area (Å²) in [6.45, 7) is 8.55. The summed E-state index contributed by atoms with van der Waals surface area (Å²) in [6, 6.07) is 2.49. The van der Waals surface area contributed by atoms with Gasteiger partial charge in [-0.15, -0.1) is 0 Å². The molecular formula is C24H32F2IN3O8S. The van der Waals surface area contributed by atoms with Crippen LogP contribution in [0.25, 0.3) is 0 Å². The molecule has 1 aliphatic rings. The highest BCUT2D eigenvalue weighted by atomic mass is 127. The molecule has 11 nitrogen and oxygen atoms in total. The Morgan fingerprint density at radius 2 is 1.67 bits per heavy atom. The van der Waals surface area contributed by atoms with Crippen LogP contribution in [0.2, 0.25) is 0 Å². The fourth-order valence-corrected chi connectivity index (χ4v) is 7.46. The van der Waals surface area contributed by atoms with Gasteiger partial charge in [0.25, 0.3) is 5.69 Å². The largest absolute Gasteiger partial charge is 0.443 e. The maximum atomic E-state index is 15.1. The number of amidine groups is 1. The molecule has 0 radical (unpaired) electrons. The van der Waals surface area contributed by atoms with Crippen molar-refractivity contribution in [1.82, 2.24) is 4.90 Å². The van der Waals surface area contributed by atoms with Crippen molar-refractivity contribution in [2.75, 3.05) is 16.9 Å².